The molecule has 1 fully saturated rings. The minimum absolute atomic E-state index is 0.229. The van der Waals surface area contributed by atoms with Crippen molar-refractivity contribution >= 4 is 17.7 Å². The Kier molecular flexibility index (Phi) is 4.59. The lowest BCUT2D eigenvalue weighted by molar-refractivity contribution is -0.133. The molecule has 1 heterocycles. The van der Waals surface area contributed by atoms with Gasteiger partial charge >= 0.3 is 0 Å². The highest BCUT2D eigenvalue weighted by atomic mass is 32.2. The number of carbonyl (C=O) groups is 1. The molecule has 4 heteroatoms. The molecular weight excluding hydrogens is 184 g/mol. The zero-order valence-corrected chi connectivity index (χ0v) is 9.19. The molecule has 3 nitrogen and oxygen atoms in total. The van der Waals surface area contributed by atoms with E-state index in [1.807, 2.05) is 11.9 Å². The maximum atomic E-state index is 11.7. The third-order valence-electron chi connectivity index (χ3n) is 2.42. The fourth-order valence-electron chi connectivity index (χ4n) is 1.52. The lowest BCUT2D eigenvalue weighted by atomic mass is 10.1. The molecule has 0 aromatic heterocycles. The van der Waals surface area contributed by atoms with Crippen LogP contribution in [0.5, 0.6) is 0 Å². The van der Waals surface area contributed by atoms with E-state index in [1.165, 1.54) is 0 Å². The van der Waals surface area contributed by atoms with Gasteiger partial charge in [0.05, 0.1) is 5.92 Å². The van der Waals surface area contributed by atoms with Crippen LogP contribution in [0.25, 0.3) is 0 Å². The van der Waals surface area contributed by atoms with Crippen molar-refractivity contribution in [1.29, 1.82) is 0 Å². The van der Waals surface area contributed by atoms with E-state index >= 15 is 0 Å². The van der Waals surface area contributed by atoms with E-state index in [0.717, 1.165) is 31.8 Å². The molecule has 1 aliphatic heterocycles. The van der Waals surface area contributed by atoms with Crippen LogP contribution in [0.3, 0.4) is 0 Å². The predicted octanol–water partition coefficient (Wildman–Crippen LogP) is 0.417. The highest BCUT2D eigenvalue weighted by Crippen LogP contribution is 2.10. The average Bonchev–Trinajstić information content (AvgIpc) is 2.65. The van der Waals surface area contributed by atoms with Crippen LogP contribution in [-0.2, 0) is 4.79 Å². The van der Waals surface area contributed by atoms with Gasteiger partial charge in [-0.05, 0) is 19.2 Å². The Labute approximate surface area is 84.2 Å². The monoisotopic (exact) mass is 202 g/mol. The van der Waals surface area contributed by atoms with E-state index in [-0.39, 0.29) is 5.92 Å². The van der Waals surface area contributed by atoms with Crippen LogP contribution in [0, 0.1) is 5.92 Å². The van der Waals surface area contributed by atoms with Crippen LogP contribution in [-0.4, -0.2) is 49.5 Å². The molecule has 76 valence electrons. The SMILES string of the molecule is CSCCN(C)C(=O)C1CCNC1. The number of nitrogens with one attached hydrogen (secondary N) is 1. The lowest BCUT2D eigenvalue weighted by Gasteiger charge is -2.19. The smallest absolute Gasteiger partial charge is 0.226 e. The molecule has 1 aliphatic rings. The van der Waals surface area contributed by atoms with Crippen molar-refractivity contribution in [3.8, 4) is 0 Å². The van der Waals surface area contributed by atoms with Crippen molar-refractivity contribution in [3.05, 3.63) is 0 Å². The molecule has 1 N–H and O–H groups in total. The van der Waals surface area contributed by atoms with E-state index in [1.54, 1.807) is 11.8 Å². The maximum Gasteiger partial charge on any atom is 0.226 e. The van der Waals surface area contributed by atoms with Crippen LogP contribution in [0.4, 0.5) is 0 Å². The molecule has 1 saturated heterocycles. The average molecular weight is 202 g/mol. The molecule has 0 aromatic rings. The van der Waals surface area contributed by atoms with Crippen LogP contribution >= 0.6 is 11.8 Å². The summed E-state index contributed by atoms with van der Waals surface area (Å²) in [5.41, 5.74) is 0. The summed E-state index contributed by atoms with van der Waals surface area (Å²) in [5.74, 6) is 1.56. The summed E-state index contributed by atoms with van der Waals surface area (Å²) in [6.07, 6.45) is 3.07. The van der Waals surface area contributed by atoms with Crippen molar-refractivity contribution in [1.82, 2.24) is 10.2 Å². The summed E-state index contributed by atoms with van der Waals surface area (Å²) < 4.78 is 0. The third-order valence-corrected chi connectivity index (χ3v) is 3.01. The van der Waals surface area contributed by atoms with Crippen molar-refractivity contribution in [2.75, 3.05) is 38.7 Å². The fraction of sp³-hybridized carbons (Fsp3) is 0.889. The normalized spacial score (nSPS) is 21.8. The van der Waals surface area contributed by atoms with Gasteiger partial charge in [0.15, 0.2) is 0 Å². The Bertz CT molecular complexity index is 169. The molecular formula is C9H18N2OS. The van der Waals surface area contributed by atoms with Crippen molar-refractivity contribution < 1.29 is 4.79 Å². The minimum atomic E-state index is 0.229. The predicted molar refractivity (Wildman–Crippen MR) is 57.0 cm³/mol. The number of carbonyl (C=O) groups excluding carboxylic acids is 1. The molecule has 0 aliphatic carbocycles. The Morgan fingerprint density at radius 2 is 2.46 bits per heavy atom. The third kappa shape index (κ3) is 3.19. The van der Waals surface area contributed by atoms with Crippen LogP contribution in [0.15, 0.2) is 0 Å². The number of hydrogen-bond donors (Lipinski definition) is 1. The molecule has 0 bridgehead atoms. The summed E-state index contributed by atoms with van der Waals surface area (Å²) in [4.78, 5) is 13.6. The summed E-state index contributed by atoms with van der Waals surface area (Å²) >= 11 is 1.78. The molecule has 1 rings (SSSR count). The topological polar surface area (TPSA) is 32.3 Å². The number of rotatable bonds is 4. The van der Waals surface area contributed by atoms with Gasteiger partial charge in [0.25, 0.3) is 0 Å². The van der Waals surface area contributed by atoms with Gasteiger partial charge in [-0.15, -0.1) is 0 Å². The maximum absolute atomic E-state index is 11.7. The summed E-state index contributed by atoms with van der Waals surface area (Å²) in [6.45, 7) is 2.73. The second kappa shape index (κ2) is 5.50. The van der Waals surface area contributed by atoms with E-state index in [9.17, 15) is 4.79 Å². The highest BCUT2D eigenvalue weighted by molar-refractivity contribution is 7.98. The second-order valence-corrected chi connectivity index (χ2v) is 4.43. The van der Waals surface area contributed by atoms with Crippen LogP contribution in [0.1, 0.15) is 6.42 Å². The highest BCUT2D eigenvalue weighted by Gasteiger charge is 2.24. The van der Waals surface area contributed by atoms with Gasteiger partial charge < -0.3 is 10.2 Å². The number of hydrogen-bond acceptors (Lipinski definition) is 3. The van der Waals surface area contributed by atoms with Crippen molar-refractivity contribution in [3.63, 3.8) is 0 Å². The molecule has 0 aromatic carbocycles. The van der Waals surface area contributed by atoms with Crippen molar-refractivity contribution in [2.45, 2.75) is 6.42 Å². The first-order valence-electron chi connectivity index (χ1n) is 4.70. The van der Waals surface area contributed by atoms with E-state index < -0.39 is 0 Å². The second-order valence-electron chi connectivity index (χ2n) is 3.44. The summed E-state index contributed by atoms with van der Waals surface area (Å²) in [6, 6.07) is 0. The van der Waals surface area contributed by atoms with Crippen LogP contribution < -0.4 is 5.32 Å². The number of nitrogens with zero attached hydrogens (tertiary/aromatic N) is 1. The molecule has 13 heavy (non-hydrogen) atoms. The van der Waals surface area contributed by atoms with E-state index in [4.69, 9.17) is 0 Å². The first kappa shape index (κ1) is 10.9. The van der Waals surface area contributed by atoms with Gasteiger partial charge in [-0.1, -0.05) is 0 Å². The largest absolute Gasteiger partial charge is 0.345 e. The zero-order chi connectivity index (χ0) is 9.68. The van der Waals surface area contributed by atoms with E-state index in [2.05, 4.69) is 11.6 Å². The van der Waals surface area contributed by atoms with E-state index in [0.29, 0.717) is 5.91 Å². The molecule has 1 amide bonds. The standard InChI is InChI=1S/C9H18N2OS/c1-11(5-6-13-2)9(12)8-3-4-10-7-8/h8,10H,3-7H2,1-2H3. The Morgan fingerprint density at radius 1 is 1.69 bits per heavy atom. The Balaban J connectivity index is 2.28. The quantitative estimate of drug-likeness (QED) is 0.717. The van der Waals surface area contributed by atoms with Gasteiger partial charge in [0, 0.05) is 25.9 Å². The Morgan fingerprint density at radius 3 is 3.00 bits per heavy atom. The van der Waals surface area contributed by atoms with Gasteiger partial charge in [-0.2, -0.15) is 11.8 Å². The number of thioether (sulfide) groups is 1. The van der Waals surface area contributed by atoms with Crippen LogP contribution in [0.2, 0.25) is 0 Å². The van der Waals surface area contributed by atoms with Gasteiger partial charge in [0.1, 0.15) is 0 Å². The molecule has 1 atom stereocenters. The molecule has 0 spiro atoms. The fourth-order valence-corrected chi connectivity index (χ4v) is 1.97. The van der Waals surface area contributed by atoms with Crippen molar-refractivity contribution in [2.24, 2.45) is 5.92 Å². The lowest BCUT2D eigenvalue weighted by Crippen LogP contribution is -2.35. The summed E-state index contributed by atoms with van der Waals surface area (Å²) in [7, 11) is 1.90. The molecule has 1 unspecified atom stereocenters. The Hall–Kier alpha value is -0.220. The van der Waals surface area contributed by atoms with Gasteiger partial charge in [0.2, 0.25) is 5.91 Å². The van der Waals surface area contributed by atoms with Gasteiger partial charge in [-0.3, -0.25) is 4.79 Å². The first-order valence-corrected chi connectivity index (χ1v) is 6.09. The molecule has 0 radical (unpaired) electrons. The minimum Gasteiger partial charge on any atom is -0.345 e. The first-order chi connectivity index (χ1) is 6.25. The zero-order valence-electron chi connectivity index (χ0n) is 8.38. The van der Waals surface area contributed by atoms with Gasteiger partial charge in [-0.25, -0.2) is 0 Å². The molecule has 0 saturated carbocycles. The summed E-state index contributed by atoms with van der Waals surface area (Å²) in [5, 5.41) is 3.21. The number of amides is 1.